The number of nitrogens with zero attached hydrogens (tertiary/aromatic N) is 4. The zero-order valence-electron chi connectivity index (χ0n) is 23.3. The van der Waals surface area contributed by atoms with Crippen LogP contribution in [0.4, 0.5) is 20.3 Å². The average Bonchev–Trinajstić information content (AvgIpc) is 3.67. The number of hydrogen-bond donors (Lipinski definition) is 3. The van der Waals surface area contributed by atoms with E-state index < -0.39 is 35.3 Å². The summed E-state index contributed by atoms with van der Waals surface area (Å²) < 4.78 is 31.7. The van der Waals surface area contributed by atoms with Gasteiger partial charge < -0.3 is 16.0 Å². The lowest BCUT2D eigenvalue weighted by Gasteiger charge is -2.18. The number of hydrogen-bond acceptors (Lipinski definition) is 6. The summed E-state index contributed by atoms with van der Waals surface area (Å²) in [6.45, 7) is 5.68. The number of carbonyl (C=O) groups is 2. The van der Waals surface area contributed by atoms with Crippen molar-refractivity contribution in [2.45, 2.75) is 51.4 Å². The van der Waals surface area contributed by atoms with Crippen LogP contribution in [-0.4, -0.2) is 44.5 Å². The van der Waals surface area contributed by atoms with Crippen molar-refractivity contribution in [3.8, 4) is 11.3 Å². The molecule has 2 amide bonds. The fraction of sp³-hybridized carbons (Fsp3) is 0.258. The molecular weight excluding hydrogens is 540 g/mol. The molecule has 6 rings (SSSR count). The molecule has 2 aliphatic rings. The minimum atomic E-state index is -1.42. The number of aromatic nitrogens is 3. The summed E-state index contributed by atoms with van der Waals surface area (Å²) in [7, 11) is 0. The molecule has 0 radical (unpaired) electrons. The molecule has 4 aromatic rings. The first-order valence-corrected chi connectivity index (χ1v) is 13.7. The van der Waals surface area contributed by atoms with Crippen LogP contribution in [0.1, 0.15) is 55.1 Å². The Kier molecular flexibility index (Phi) is 6.80. The Morgan fingerprint density at radius 1 is 1.00 bits per heavy atom. The summed E-state index contributed by atoms with van der Waals surface area (Å²) in [6.07, 6.45) is 2.10. The van der Waals surface area contributed by atoms with Crippen LogP contribution in [0.3, 0.4) is 0 Å². The number of para-hydroxylation sites is 1. The molecule has 1 aliphatic heterocycles. The van der Waals surface area contributed by atoms with Crippen molar-refractivity contribution in [3.63, 3.8) is 0 Å². The highest BCUT2D eigenvalue weighted by Crippen LogP contribution is 2.31. The number of nitrogens with one attached hydrogen (secondary N) is 3. The second-order valence-electron chi connectivity index (χ2n) is 11.3. The number of halogens is 2. The second-order valence-corrected chi connectivity index (χ2v) is 11.3. The van der Waals surface area contributed by atoms with E-state index in [2.05, 4.69) is 31.0 Å². The summed E-state index contributed by atoms with van der Waals surface area (Å²) in [5, 5.41) is 12.9. The Balaban J connectivity index is 1.38. The lowest BCUT2D eigenvalue weighted by molar-refractivity contribution is -0.117. The Morgan fingerprint density at radius 3 is 2.45 bits per heavy atom. The highest BCUT2D eigenvalue weighted by molar-refractivity contribution is 6.20. The van der Waals surface area contributed by atoms with E-state index in [4.69, 9.17) is 0 Å². The molecule has 1 atom stereocenters. The first-order valence-electron chi connectivity index (χ1n) is 13.7. The molecule has 214 valence electrons. The van der Waals surface area contributed by atoms with Crippen molar-refractivity contribution >= 4 is 29.0 Å². The van der Waals surface area contributed by atoms with Gasteiger partial charge in [0.05, 0.1) is 28.1 Å². The smallest absolute Gasteiger partial charge is 0.269 e. The summed E-state index contributed by atoms with van der Waals surface area (Å²) in [5.74, 6) is -2.44. The van der Waals surface area contributed by atoms with Gasteiger partial charge in [-0.1, -0.05) is 42.5 Å². The number of benzene rings is 2. The fourth-order valence-electron chi connectivity index (χ4n) is 4.63. The molecule has 3 N–H and O–H groups in total. The van der Waals surface area contributed by atoms with Gasteiger partial charge in [-0.2, -0.15) is 9.49 Å². The summed E-state index contributed by atoms with van der Waals surface area (Å²) in [6, 6.07) is 16.9. The number of benzodiazepines with no additional fused rings is 1. The monoisotopic (exact) mass is 569 g/mol. The van der Waals surface area contributed by atoms with E-state index in [1.165, 1.54) is 24.4 Å². The molecule has 2 aromatic heterocycles. The fourth-order valence-corrected chi connectivity index (χ4v) is 4.63. The molecular formula is C31H29F2N7O2. The third-order valence-corrected chi connectivity index (χ3v) is 7.02. The molecule has 1 fully saturated rings. The van der Waals surface area contributed by atoms with Crippen molar-refractivity contribution in [1.82, 2.24) is 20.1 Å². The third-order valence-electron chi connectivity index (χ3n) is 7.02. The number of amides is 2. The van der Waals surface area contributed by atoms with Gasteiger partial charge in [-0.25, -0.2) is 14.4 Å². The number of aliphatic imine (C=N–C) groups is 1. The number of rotatable bonds is 6. The number of pyridine rings is 1. The molecule has 0 unspecified atom stereocenters. The van der Waals surface area contributed by atoms with E-state index >= 15 is 4.39 Å². The molecule has 1 saturated carbocycles. The van der Waals surface area contributed by atoms with E-state index in [1.807, 2.05) is 26.8 Å². The molecule has 0 spiro atoms. The highest BCUT2D eigenvalue weighted by Gasteiger charge is 2.32. The topological polar surface area (TPSA) is 113 Å². The van der Waals surface area contributed by atoms with Crippen molar-refractivity contribution in [1.29, 1.82) is 0 Å². The minimum Gasteiger partial charge on any atom is -0.367 e. The Hall–Kier alpha value is -4.93. The quantitative estimate of drug-likeness (QED) is 0.280. The molecule has 0 bridgehead atoms. The summed E-state index contributed by atoms with van der Waals surface area (Å²) >= 11 is 0. The van der Waals surface area contributed by atoms with E-state index in [0.29, 0.717) is 22.7 Å². The molecule has 2 aromatic carbocycles. The van der Waals surface area contributed by atoms with Crippen molar-refractivity contribution in [3.05, 3.63) is 95.3 Å². The van der Waals surface area contributed by atoms with E-state index in [1.54, 1.807) is 41.1 Å². The molecule has 0 saturated heterocycles. The van der Waals surface area contributed by atoms with Gasteiger partial charge in [-0.15, -0.1) is 0 Å². The largest absolute Gasteiger partial charge is 0.367 e. The summed E-state index contributed by atoms with van der Waals surface area (Å²) in [4.78, 5) is 35.7. The van der Waals surface area contributed by atoms with Crippen LogP contribution in [0, 0.1) is 11.8 Å². The van der Waals surface area contributed by atoms with Crippen LogP contribution in [0.15, 0.2) is 71.9 Å². The number of fused-ring (bicyclic) bond motifs is 1. The Morgan fingerprint density at radius 2 is 1.76 bits per heavy atom. The third kappa shape index (κ3) is 5.37. The van der Waals surface area contributed by atoms with Crippen LogP contribution in [0.2, 0.25) is 0 Å². The van der Waals surface area contributed by atoms with E-state index in [-0.39, 0.29) is 28.6 Å². The zero-order valence-corrected chi connectivity index (χ0v) is 23.3. The van der Waals surface area contributed by atoms with Crippen LogP contribution in [-0.2, 0) is 10.3 Å². The Labute approximate surface area is 241 Å². The standard InChI is InChI=1S/C31H29F2N7O2/c1-31(2,3)40-16-21(25(39-40)20-14-15-23(35-27(20)33)34-18-12-13-18)29(41)38-28-30(42)37-26-19(10-7-11-22(26)32)24(36-28)17-8-5-4-6-9-17/h4-11,14-16,18,28H,12-13H2,1-3H3,(H,34,35)(H,37,42)(H,38,41)/t28-/m1/s1. The average molecular weight is 570 g/mol. The maximum absolute atomic E-state index is 15.3. The van der Waals surface area contributed by atoms with Gasteiger partial charge in [0, 0.05) is 23.4 Å². The zero-order chi connectivity index (χ0) is 29.6. The van der Waals surface area contributed by atoms with Crippen LogP contribution in [0.5, 0.6) is 0 Å². The number of carbonyl (C=O) groups excluding carboxylic acids is 2. The van der Waals surface area contributed by atoms with Gasteiger partial charge in [-0.3, -0.25) is 14.3 Å². The van der Waals surface area contributed by atoms with Gasteiger partial charge in [0.25, 0.3) is 11.8 Å². The number of anilines is 2. The molecule has 9 nitrogen and oxygen atoms in total. The summed E-state index contributed by atoms with van der Waals surface area (Å²) in [5.41, 5.74) is 0.909. The molecule has 1 aliphatic carbocycles. The van der Waals surface area contributed by atoms with Gasteiger partial charge >= 0.3 is 0 Å². The van der Waals surface area contributed by atoms with Gasteiger partial charge in [0.1, 0.15) is 17.3 Å². The normalized spacial score (nSPS) is 16.6. The lowest BCUT2D eigenvalue weighted by Crippen LogP contribution is -2.42. The second kappa shape index (κ2) is 10.5. The first kappa shape index (κ1) is 27.3. The van der Waals surface area contributed by atoms with Crippen molar-refractivity contribution in [2.75, 3.05) is 10.6 Å². The molecule has 3 heterocycles. The van der Waals surface area contributed by atoms with E-state index in [0.717, 1.165) is 12.8 Å². The first-order chi connectivity index (χ1) is 20.1. The predicted octanol–water partition coefficient (Wildman–Crippen LogP) is 5.10. The predicted molar refractivity (Wildman–Crippen MR) is 155 cm³/mol. The molecule has 42 heavy (non-hydrogen) atoms. The van der Waals surface area contributed by atoms with E-state index in [9.17, 15) is 14.0 Å². The van der Waals surface area contributed by atoms with Gasteiger partial charge in [-0.05, 0) is 51.8 Å². The lowest BCUT2D eigenvalue weighted by atomic mass is 10.0. The maximum atomic E-state index is 15.3. The molecule has 11 heteroatoms. The maximum Gasteiger partial charge on any atom is 0.269 e. The van der Waals surface area contributed by atoms with Crippen molar-refractivity contribution < 1.29 is 18.4 Å². The highest BCUT2D eigenvalue weighted by atomic mass is 19.1. The van der Waals surface area contributed by atoms with Gasteiger partial charge in [0.2, 0.25) is 12.1 Å². The van der Waals surface area contributed by atoms with Crippen LogP contribution < -0.4 is 16.0 Å². The minimum absolute atomic E-state index is 0.0314. The van der Waals surface area contributed by atoms with Crippen LogP contribution in [0.25, 0.3) is 11.3 Å². The van der Waals surface area contributed by atoms with Crippen molar-refractivity contribution in [2.24, 2.45) is 4.99 Å². The Bertz CT molecular complexity index is 1720. The SMILES string of the molecule is CC(C)(C)n1cc(C(=O)N[C@H]2N=C(c3ccccc3)c3cccc(F)c3NC2=O)c(-c2ccc(NC3CC3)nc2F)n1. The van der Waals surface area contributed by atoms with Crippen LogP contribution >= 0.6 is 0 Å². The van der Waals surface area contributed by atoms with Gasteiger partial charge in [0.15, 0.2) is 0 Å².